The molecule has 88 valence electrons. The van der Waals surface area contributed by atoms with E-state index in [1.165, 1.54) is 17.5 Å². The van der Waals surface area contributed by atoms with Gasteiger partial charge in [0.05, 0.1) is 10.9 Å². The van der Waals surface area contributed by atoms with Crippen LogP contribution in [0.3, 0.4) is 0 Å². The van der Waals surface area contributed by atoms with E-state index in [1.54, 1.807) is 29.1 Å². The van der Waals surface area contributed by atoms with Crippen molar-refractivity contribution in [1.29, 1.82) is 0 Å². The molecule has 5 nitrogen and oxygen atoms in total. The lowest BCUT2D eigenvalue weighted by molar-refractivity contribution is 0.112. The average Bonchev–Trinajstić information content (AvgIpc) is 2.93. The minimum Gasteiger partial charge on any atom is -0.298 e. The van der Waals surface area contributed by atoms with E-state index in [-0.39, 0.29) is 11.0 Å². The molecule has 0 N–H and O–H groups in total. The van der Waals surface area contributed by atoms with E-state index < -0.39 is 0 Å². The minimum atomic E-state index is -0.305. The van der Waals surface area contributed by atoms with Gasteiger partial charge in [0.15, 0.2) is 11.4 Å². The van der Waals surface area contributed by atoms with Crippen molar-refractivity contribution in [2.45, 2.75) is 0 Å². The molecule has 0 atom stereocenters. The molecule has 3 aromatic rings. The van der Waals surface area contributed by atoms with Crippen molar-refractivity contribution in [2.75, 3.05) is 0 Å². The highest BCUT2D eigenvalue weighted by Crippen LogP contribution is 2.16. The van der Waals surface area contributed by atoms with E-state index >= 15 is 0 Å². The highest BCUT2D eigenvalue weighted by Gasteiger charge is 2.11. The number of fused-ring (bicyclic) bond motifs is 1. The van der Waals surface area contributed by atoms with Gasteiger partial charge in [0.25, 0.3) is 0 Å². The number of carbonyl (C=O) groups excluding carboxylic acids is 1. The maximum atomic E-state index is 12.0. The van der Waals surface area contributed by atoms with Gasteiger partial charge in [0.2, 0.25) is 5.43 Å². The van der Waals surface area contributed by atoms with Gasteiger partial charge in [-0.05, 0) is 12.1 Å². The molecule has 0 bridgehead atoms. The normalized spacial score (nSPS) is 10.7. The monoisotopic (exact) mass is 257 g/mol. The first kappa shape index (κ1) is 10.8. The second-order valence-electron chi connectivity index (χ2n) is 3.59. The fraction of sp³-hybridized carbons (Fsp3) is 0. The third-order valence-electron chi connectivity index (χ3n) is 2.54. The van der Waals surface area contributed by atoms with E-state index in [0.717, 1.165) is 0 Å². The molecule has 0 saturated heterocycles. The molecule has 3 rings (SSSR count). The Morgan fingerprint density at radius 3 is 2.89 bits per heavy atom. The Labute approximate surface area is 105 Å². The van der Waals surface area contributed by atoms with E-state index in [0.29, 0.717) is 22.5 Å². The first-order chi connectivity index (χ1) is 8.81. The number of rotatable bonds is 2. The highest BCUT2D eigenvalue weighted by molar-refractivity contribution is 7.12. The second-order valence-corrected chi connectivity index (χ2v) is 4.46. The Hall–Kier alpha value is -2.34. The van der Waals surface area contributed by atoms with Crippen LogP contribution in [-0.2, 0) is 0 Å². The molecule has 3 aromatic heterocycles. The second kappa shape index (κ2) is 4.15. The lowest BCUT2D eigenvalue weighted by Crippen LogP contribution is -2.14. The van der Waals surface area contributed by atoms with Crippen LogP contribution in [0.1, 0.15) is 10.4 Å². The van der Waals surface area contributed by atoms with Gasteiger partial charge in [0, 0.05) is 24.0 Å². The van der Waals surface area contributed by atoms with E-state index in [4.69, 9.17) is 0 Å². The zero-order chi connectivity index (χ0) is 12.5. The van der Waals surface area contributed by atoms with Crippen LogP contribution in [0.15, 0.2) is 40.9 Å². The molecular formula is C12H7N3O2S. The van der Waals surface area contributed by atoms with Gasteiger partial charge in [-0.15, -0.1) is 11.3 Å². The summed E-state index contributed by atoms with van der Waals surface area (Å²) in [5, 5.41) is 2.90. The molecule has 0 aromatic carbocycles. The summed E-state index contributed by atoms with van der Waals surface area (Å²) in [6, 6.07) is 3.33. The minimum absolute atomic E-state index is 0.103. The van der Waals surface area contributed by atoms with E-state index in [9.17, 15) is 9.59 Å². The first-order valence-corrected chi connectivity index (χ1v) is 6.04. The molecule has 3 heterocycles. The van der Waals surface area contributed by atoms with Gasteiger partial charge in [0.1, 0.15) is 5.65 Å². The number of aromatic nitrogens is 3. The molecular weight excluding hydrogens is 250 g/mol. The number of hydrogen-bond donors (Lipinski definition) is 0. The predicted molar refractivity (Wildman–Crippen MR) is 68.4 cm³/mol. The summed E-state index contributed by atoms with van der Waals surface area (Å²) in [7, 11) is 0. The predicted octanol–water partition coefficient (Wildman–Crippen LogP) is 1.65. The number of carbonyl (C=O) groups is 1. The van der Waals surface area contributed by atoms with Crippen LogP contribution in [0.2, 0.25) is 0 Å². The van der Waals surface area contributed by atoms with Crippen LogP contribution in [-0.4, -0.2) is 20.8 Å². The van der Waals surface area contributed by atoms with Crippen LogP contribution in [0.25, 0.3) is 16.2 Å². The molecule has 0 unspecified atom stereocenters. The number of aldehydes is 1. The highest BCUT2D eigenvalue weighted by atomic mass is 32.1. The molecule has 0 saturated carbocycles. The van der Waals surface area contributed by atoms with Crippen LogP contribution in [0, 0.1) is 0 Å². The molecule has 0 aliphatic rings. The quantitative estimate of drug-likeness (QED) is 0.655. The van der Waals surface area contributed by atoms with Crippen LogP contribution >= 0.6 is 11.3 Å². The number of nitrogens with zero attached hydrogens (tertiary/aromatic N) is 3. The molecule has 0 spiro atoms. The molecule has 6 heteroatoms. The van der Waals surface area contributed by atoms with E-state index in [1.807, 2.05) is 5.38 Å². The van der Waals surface area contributed by atoms with Crippen LogP contribution < -0.4 is 5.43 Å². The van der Waals surface area contributed by atoms with Gasteiger partial charge in [-0.3, -0.25) is 14.2 Å². The smallest absolute Gasteiger partial charge is 0.201 e. The van der Waals surface area contributed by atoms with Crippen LogP contribution in [0.5, 0.6) is 0 Å². The Balaban J connectivity index is 2.48. The number of hydrogen-bond acceptors (Lipinski definition) is 5. The van der Waals surface area contributed by atoms with Crippen molar-refractivity contribution in [3.63, 3.8) is 0 Å². The maximum absolute atomic E-state index is 12.0. The van der Waals surface area contributed by atoms with Crippen molar-refractivity contribution < 1.29 is 4.79 Å². The zero-order valence-corrected chi connectivity index (χ0v) is 9.92. The van der Waals surface area contributed by atoms with Crippen molar-refractivity contribution in [1.82, 2.24) is 14.5 Å². The van der Waals surface area contributed by atoms with Gasteiger partial charge in [-0.1, -0.05) is 0 Å². The van der Waals surface area contributed by atoms with Gasteiger partial charge in [-0.25, -0.2) is 9.97 Å². The van der Waals surface area contributed by atoms with Crippen molar-refractivity contribution in [3.8, 4) is 5.13 Å². The average molecular weight is 257 g/mol. The fourth-order valence-corrected chi connectivity index (χ4v) is 2.36. The van der Waals surface area contributed by atoms with Crippen molar-refractivity contribution in [3.05, 3.63) is 51.9 Å². The van der Waals surface area contributed by atoms with E-state index in [2.05, 4.69) is 9.97 Å². The molecule has 18 heavy (non-hydrogen) atoms. The number of thiazole rings is 1. The summed E-state index contributed by atoms with van der Waals surface area (Å²) in [5.41, 5.74) is 0.301. The summed E-state index contributed by atoms with van der Waals surface area (Å²) >= 11 is 1.41. The Bertz CT molecular complexity index is 778. The lowest BCUT2D eigenvalue weighted by atomic mass is 10.2. The van der Waals surface area contributed by atoms with Gasteiger partial charge < -0.3 is 0 Å². The topological polar surface area (TPSA) is 64.8 Å². The molecule has 0 fully saturated rings. The maximum Gasteiger partial charge on any atom is 0.201 e. The Morgan fingerprint density at radius 1 is 1.28 bits per heavy atom. The van der Waals surface area contributed by atoms with Crippen molar-refractivity contribution in [2.24, 2.45) is 0 Å². The van der Waals surface area contributed by atoms with Crippen LogP contribution in [0.4, 0.5) is 0 Å². The standard InChI is InChI=1S/C12H7N3O2S/c16-7-8-6-15(12-14-4-5-18-12)11-9(10(8)17)2-1-3-13-11/h1-7H. The Morgan fingerprint density at radius 2 is 2.17 bits per heavy atom. The fourth-order valence-electron chi connectivity index (χ4n) is 1.75. The molecule has 0 radical (unpaired) electrons. The lowest BCUT2D eigenvalue weighted by Gasteiger charge is -2.07. The third kappa shape index (κ3) is 1.54. The SMILES string of the molecule is O=Cc1cn(-c2nccs2)c2ncccc2c1=O. The van der Waals surface area contributed by atoms with Gasteiger partial charge >= 0.3 is 0 Å². The Kier molecular flexibility index (Phi) is 2.49. The molecule has 0 amide bonds. The molecule has 0 aliphatic heterocycles. The summed E-state index contributed by atoms with van der Waals surface area (Å²) in [4.78, 5) is 31.3. The first-order valence-electron chi connectivity index (χ1n) is 5.16. The van der Waals surface area contributed by atoms with Crippen molar-refractivity contribution >= 4 is 28.7 Å². The zero-order valence-electron chi connectivity index (χ0n) is 9.11. The molecule has 0 aliphatic carbocycles. The number of pyridine rings is 2. The largest absolute Gasteiger partial charge is 0.298 e. The summed E-state index contributed by atoms with van der Waals surface area (Å²) in [6.45, 7) is 0. The summed E-state index contributed by atoms with van der Waals surface area (Å²) in [6.07, 6.45) is 5.29. The van der Waals surface area contributed by atoms with Gasteiger partial charge in [-0.2, -0.15) is 0 Å². The summed E-state index contributed by atoms with van der Waals surface area (Å²) < 4.78 is 1.66. The third-order valence-corrected chi connectivity index (χ3v) is 3.31. The summed E-state index contributed by atoms with van der Waals surface area (Å²) in [5.74, 6) is 0.